The SMILES string of the molecule is C=CC(C)C.C=CCC(C(=C)N1CCC(C)(Cc2ccccc2-c2nc(C=C)c(C=C)s2)CC1)c1ccccc1NC.CC.CCC. The zero-order valence-electron chi connectivity index (χ0n) is 30.9. The maximum Gasteiger partial charge on any atom is 0.124 e. The molecular formula is C43H63N3S. The molecule has 47 heavy (non-hydrogen) atoms. The van der Waals surface area contributed by atoms with Crippen LogP contribution in [-0.2, 0) is 6.42 Å². The van der Waals surface area contributed by atoms with E-state index in [1.165, 1.54) is 28.8 Å². The summed E-state index contributed by atoms with van der Waals surface area (Å²) in [5, 5.41) is 4.40. The van der Waals surface area contributed by atoms with Crippen molar-refractivity contribution < 1.29 is 0 Å². The van der Waals surface area contributed by atoms with Gasteiger partial charge in [-0.05, 0) is 66.4 Å². The van der Waals surface area contributed by atoms with Crippen LogP contribution >= 0.6 is 11.3 Å². The van der Waals surface area contributed by atoms with Crippen molar-refractivity contribution in [3.8, 4) is 10.6 Å². The lowest BCUT2D eigenvalue weighted by atomic mass is 9.74. The van der Waals surface area contributed by atoms with E-state index in [9.17, 15) is 0 Å². The number of nitrogens with one attached hydrogen (secondary N) is 1. The zero-order chi connectivity index (χ0) is 35.4. The van der Waals surface area contributed by atoms with E-state index >= 15 is 0 Å². The van der Waals surface area contributed by atoms with Crippen molar-refractivity contribution >= 4 is 29.2 Å². The lowest BCUT2D eigenvalue weighted by Gasteiger charge is -2.43. The molecule has 1 atom stereocenters. The fourth-order valence-electron chi connectivity index (χ4n) is 5.46. The Morgan fingerprint density at radius 2 is 1.55 bits per heavy atom. The minimum atomic E-state index is 0.226. The smallest absolute Gasteiger partial charge is 0.124 e. The highest BCUT2D eigenvalue weighted by atomic mass is 32.1. The number of hydrogen-bond acceptors (Lipinski definition) is 4. The van der Waals surface area contributed by atoms with Crippen LogP contribution in [-0.4, -0.2) is 30.0 Å². The van der Waals surface area contributed by atoms with Crippen molar-refractivity contribution in [2.75, 3.05) is 25.5 Å². The van der Waals surface area contributed by atoms with Crippen LogP contribution < -0.4 is 5.32 Å². The normalized spacial score (nSPS) is 13.7. The van der Waals surface area contributed by atoms with Gasteiger partial charge in [0.15, 0.2) is 0 Å². The maximum atomic E-state index is 4.86. The monoisotopic (exact) mass is 653 g/mol. The third-order valence-electron chi connectivity index (χ3n) is 8.18. The molecule has 256 valence electrons. The van der Waals surface area contributed by atoms with Crippen LogP contribution in [0.15, 0.2) is 99.3 Å². The Labute approximate surface area is 292 Å². The van der Waals surface area contributed by atoms with Crippen LogP contribution in [0.1, 0.15) is 102 Å². The number of allylic oxidation sites excluding steroid dienone is 3. The van der Waals surface area contributed by atoms with E-state index in [4.69, 9.17) is 4.98 Å². The van der Waals surface area contributed by atoms with Gasteiger partial charge < -0.3 is 10.2 Å². The average Bonchev–Trinajstić information content (AvgIpc) is 3.52. The Hall–Kier alpha value is -3.63. The molecule has 1 fully saturated rings. The summed E-state index contributed by atoms with van der Waals surface area (Å²) in [5.41, 5.74) is 7.38. The van der Waals surface area contributed by atoms with E-state index in [1.54, 1.807) is 11.3 Å². The maximum absolute atomic E-state index is 4.86. The third-order valence-corrected chi connectivity index (χ3v) is 9.28. The van der Waals surface area contributed by atoms with Gasteiger partial charge in [-0.1, -0.05) is 129 Å². The minimum Gasteiger partial charge on any atom is -0.388 e. The first-order valence-corrected chi connectivity index (χ1v) is 18.2. The summed E-state index contributed by atoms with van der Waals surface area (Å²) >= 11 is 1.69. The summed E-state index contributed by atoms with van der Waals surface area (Å²) in [7, 11) is 1.98. The fraction of sp³-hybridized carbons (Fsp3) is 0.419. The molecule has 3 nitrogen and oxygen atoms in total. The highest BCUT2D eigenvalue weighted by molar-refractivity contribution is 7.16. The highest BCUT2D eigenvalue weighted by Crippen LogP contribution is 2.42. The van der Waals surface area contributed by atoms with E-state index in [0.29, 0.717) is 5.92 Å². The van der Waals surface area contributed by atoms with Crippen LogP contribution in [0.5, 0.6) is 0 Å². The Bertz CT molecular complexity index is 1360. The van der Waals surface area contributed by atoms with Gasteiger partial charge >= 0.3 is 0 Å². The lowest BCUT2D eigenvalue weighted by Crippen LogP contribution is -2.40. The minimum absolute atomic E-state index is 0.226. The molecule has 0 aliphatic carbocycles. The molecule has 1 saturated heterocycles. The van der Waals surface area contributed by atoms with Gasteiger partial charge in [-0.3, -0.25) is 0 Å². The number of thiazole rings is 1. The Balaban J connectivity index is 0.000000978. The second-order valence-corrected chi connectivity index (χ2v) is 13.4. The van der Waals surface area contributed by atoms with E-state index < -0.39 is 0 Å². The highest BCUT2D eigenvalue weighted by Gasteiger charge is 2.33. The first-order valence-electron chi connectivity index (χ1n) is 17.4. The van der Waals surface area contributed by atoms with E-state index in [-0.39, 0.29) is 11.3 Å². The van der Waals surface area contributed by atoms with Gasteiger partial charge in [0.25, 0.3) is 0 Å². The number of likely N-dealkylation sites (tertiary alicyclic amines) is 1. The van der Waals surface area contributed by atoms with Crippen LogP contribution in [0.25, 0.3) is 22.7 Å². The molecular weight excluding hydrogens is 591 g/mol. The van der Waals surface area contributed by atoms with Gasteiger partial charge in [0.05, 0.1) is 10.6 Å². The summed E-state index contributed by atoms with van der Waals surface area (Å²) in [6.07, 6.45) is 13.0. The van der Waals surface area contributed by atoms with Gasteiger partial charge in [0.2, 0.25) is 0 Å². The molecule has 0 saturated carbocycles. The number of benzene rings is 2. The first kappa shape index (κ1) is 41.4. The molecule has 2 aromatic carbocycles. The number of rotatable bonds is 12. The molecule has 3 aromatic rings. The summed E-state index contributed by atoms with van der Waals surface area (Å²) in [6, 6.07) is 17.3. The molecule has 0 bridgehead atoms. The second-order valence-electron chi connectivity index (χ2n) is 12.4. The summed E-state index contributed by atoms with van der Waals surface area (Å²) in [6.45, 7) is 37.0. The number of anilines is 1. The van der Waals surface area contributed by atoms with Crippen LogP contribution in [0, 0.1) is 11.3 Å². The van der Waals surface area contributed by atoms with Gasteiger partial charge in [0.1, 0.15) is 5.01 Å². The average molecular weight is 654 g/mol. The fourth-order valence-corrected chi connectivity index (χ4v) is 6.44. The van der Waals surface area contributed by atoms with Crippen molar-refractivity contribution in [2.45, 2.75) is 86.5 Å². The molecule has 0 spiro atoms. The second kappa shape index (κ2) is 22.0. The third kappa shape index (κ3) is 12.5. The lowest BCUT2D eigenvalue weighted by molar-refractivity contribution is 0.139. The van der Waals surface area contributed by atoms with Crippen molar-refractivity contribution in [2.24, 2.45) is 11.3 Å². The molecule has 0 amide bonds. The molecule has 1 N–H and O–H groups in total. The number of aromatic nitrogens is 1. The molecule has 2 heterocycles. The molecule has 4 heteroatoms. The van der Waals surface area contributed by atoms with Crippen molar-refractivity contribution in [3.63, 3.8) is 0 Å². The van der Waals surface area contributed by atoms with Crippen molar-refractivity contribution in [3.05, 3.63) is 121 Å². The molecule has 1 aromatic heterocycles. The molecule has 4 rings (SSSR count). The number of hydrogen-bond donors (Lipinski definition) is 1. The topological polar surface area (TPSA) is 28.2 Å². The largest absolute Gasteiger partial charge is 0.388 e. The Morgan fingerprint density at radius 3 is 2.06 bits per heavy atom. The van der Waals surface area contributed by atoms with E-state index in [2.05, 4.69) is 126 Å². The Morgan fingerprint density at radius 1 is 0.979 bits per heavy atom. The van der Waals surface area contributed by atoms with E-state index in [1.807, 2.05) is 45.2 Å². The van der Waals surface area contributed by atoms with Gasteiger partial charge in [-0.2, -0.15) is 0 Å². The first-order chi connectivity index (χ1) is 22.6. The number of para-hydroxylation sites is 1. The predicted octanol–water partition coefficient (Wildman–Crippen LogP) is 12.9. The zero-order valence-corrected chi connectivity index (χ0v) is 31.7. The Kier molecular flexibility index (Phi) is 19.4. The standard InChI is InChI=1S/C33H39N3S.C5H10.C3H8.C2H6/c1-7-14-26(28-17-12-13-18-30(28)34-6)24(4)36-21-19-33(5,20-22-36)23-25-15-10-11-16-27(25)32-35-29(8-2)31(9-3)37-32;1-4-5(2)3;1-3-2;1-2/h7-13,15-18,26,34H,1-4,14,19-23H2,5-6H3;4-5H,1H2,2-3H3;3H2,1-2H3;1-2H3. The van der Waals surface area contributed by atoms with Gasteiger partial charge in [-0.15, -0.1) is 24.5 Å². The van der Waals surface area contributed by atoms with Crippen LogP contribution in [0.2, 0.25) is 0 Å². The number of piperidine rings is 1. The molecule has 0 radical (unpaired) electrons. The number of nitrogens with zero attached hydrogens (tertiary/aromatic N) is 2. The predicted molar refractivity (Wildman–Crippen MR) is 215 cm³/mol. The van der Waals surface area contributed by atoms with E-state index in [0.717, 1.165) is 60.0 Å². The van der Waals surface area contributed by atoms with Crippen LogP contribution in [0.3, 0.4) is 0 Å². The summed E-state index contributed by atoms with van der Waals surface area (Å²) in [5.74, 6) is 0.879. The van der Waals surface area contributed by atoms with Gasteiger partial charge in [0, 0.05) is 43.0 Å². The molecule has 1 aliphatic rings. The quantitative estimate of drug-likeness (QED) is 0.197. The van der Waals surface area contributed by atoms with Crippen molar-refractivity contribution in [1.82, 2.24) is 9.88 Å². The van der Waals surface area contributed by atoms with Crippen molar-refractivity contribution in [1.29, 1.82) is 0 Å². The summed E-state index contributed by atoms with van der Waals surface area (Å²) in [4.78, 5) is 8.43. The molecule has 1 unspecified atom stereocenters. The summed E-state index contributed by atoms with van der Waals surface area (Å²) < 4.78 is 0. The molecule has 1 aliphatic heterocycles. The van der Waals surface area contributed by atoms with Crippen LogP contribution in [0.4, 0.5) is 5.69 Å². The van der Waals surface area contributed by atoms with Gasteiger partial charge in [-0.25, -0.2) is 4.98 Å².